The molecule has 0 aliphatic carbocycles. The minimum atomic E-state index is -0.402. The number of ether oxygens (including phenoxy) is 1. The number of fused-ring (bicyclic) bond motifs is 1. The molecule has 134 valence electrons. The van der Waals surface area contributed by atoms with Crippen molar-refractivity contribution in [2.75, 3.05) is 17.7 Å². The summed E-state index contributed by atoms with van der Waals surface area (Å²) in [6, 6.07) is 14.1. The van der Waals surface area contributed by atoms with Crippen molar-refractivity contribution in [2.45, 2.75) is 0 Å². The van der Waals surface area contributed by atoms with E-state index in [0.29, 0.717) is 28.6 Å². The van der Waals surface area contributed by atoms with Gasteiger partial charge in [0.25, 0.3) is 0 Å². The lowest BCUT2D eigenvalue weighted by Gasteiger charge is -2.11. The zero-order valence-electron chi connectivity index (χ0n) is 14.5. The fourth-order valence-electron chi connectivity index (χ4n) is 2.74. The van der Waals surface area contributed by atoms with Crippen LogP contribution < -0.4 is 15.4 Å². The lowest BCUT2D eigenvalue weighted by atomic mass is 10.2. The smallest absolute Gasteiger partial charge is 0.323 e. The molecule has 2 N–H and O–H groups in total. The molecule has 4 aromatic rings. The number of nitrogens with one attached hydrogen (secondary N) is 2. The molecule has 27 heavy (non-hydrogen) atoms. The molecular formula is C19H16N6O2. The van der Waals surface area contributed by atoms with Gasteiger partial charge in [0.05, 0.1) is 18.5 Å². The van der Waals surface area contributed by atoms with Gasteiger partial charge in [-0.3, -0.25) is 9.38 Å². The lowest BCUT2D eigenvalue weighted by molar-refractivity contribution is 0.262. The number of rotatable bonds is 4. The average molecular weight is 360 g/mol. The molecule has 2 amide bonds. The largest absolute Gasteiger partial charge is 0.495 e. The Morgan fingerprint density at radius 1 is 0.963 bits per heavy atom. The van der Waals surface area contributed by atoms with Crippen LogP contribution in [0.3, 0.4) is 0 Å². The first-order chi connectivity index (χ1) is 13.3. The SMILES string of the molecule is COc1ccccc1NC(=O)Nc1cccn2c(-c3ccncc3)nnc12. The Hall–Kier alpha value is -3.94. The minimum absolute atomic E-state index is 0.402. The van der Waals surface area contributed by atoms with Gasteiger partial charge >= 0.3 is 6.03 Å². The number of carbonyl (C=O) groups is 1. The number of methoxy groups -OCH3 is 1. The minimum Gasteiger partial charge on any atom is -0.495 e. The molecule has 0 radical (unpaired) electrons. The van der Waals surface area contributed by atoms with Crippen molar-refractivity contribution >= 4 is 23.1 Å². The molecule has 0 atom stereocenters. The Morgan fingerprint density at radius 3 is 2.52 bits per heavy atom. The van der Waals surface area contributed by atoms with Crippen LogP contribution >= 0.6 is 0 Å². The Kier molecular flexibility index (Phi) is 4.36. The van der Waals surface area contributed by atoms with Gasteiger partial charge in [-0.2, -0.15) is 0 Å². The fourth-order valence-corrected chi connectivity index (χ4v) is 2.74. The highest BCUT2D eigenvalue weighted by Gasteiger charge is 2.13. The third-order valence-electron chi connectivity index (χ3n) is 3.98. The third kappa shape index (κ3) is 3.28. The van der Waals surface area contributed by atoms with Crippen molar-refractivity contribution < 1.29 is 9.53 Å². The van der Waals surface area contributed by atoms with Crippen molar-refractivity contribution in [2.24, 2.45) is 0 Å². The highest BCUT2D eigenvalue weighted by atomic mass is 16.5. The van der Waals surface area contributed by atoms with E-state index in [1.165, 1.54) is 0 Å². The molecule has 0 fully saturated rings. The van der Waals surface area contributed by atoms with E-state index in [-0.39, 0.29) is 0 Å². The monoisotopic (exact) mass is 360 g/mol. The van der Waals surface area contributed by atoms with E-state index in [4.69, 9.17) is 4.74 Å². The maximum atomic E-state index is 12.4. The van der Waals surface area contributed by atoms with Gasteiger partial charge in [0.1, 0.15) is 5.75 Å². The summed E-state index contributed by atoms with van der Waals surface area (Å²) in [7, 11) is 1.55. The number of carbonyl (C=O) groups excluding carboxylic acids is 1. The van der Waals surface area contributed by atoms with E-state index in [1.807, 2.05) is 40.9 Å². The van der Waals surface area contributed by atoms with Gasteiger partial charge in [0.15, 0.2) is 11.5 Å². The zero-order chi connectivity index (χ0) is 18.6. The second-order valence-corrected chi connectivity index (χ2v) is 5.65. The predicted octanol–water partition coefficient (Wildman–Crippen LogP) is 3.44. The average Bonchev–Trinajstić information content (AvgIpc) is 3.14. The molecule has 8 heteroatoms. The van der Waals surface area contributed by atoms with Crippen molar-refractivity contribution in [3.05, 3.63) is 67.1 Å². The number of amides is 2. The predicted molar refractivity (Wildman–Crippen MR) is 102 cm³/mol. The van der Waals surface area contributed by atoms with Crippen LogP contribution in [0, 0.1) is 0 Å². The summed E-state index contributed by atoms with van der Waals surface area (Å²) < 4.78 is 7.06. The molecule has 0 aliphatic heterocycles. The van der Waals surface area contributed by atoms with E-state index in [0.717, 1.165) is 5.56 Å². The van der Waals surface area contributed by atoms with Crippen LogP contribution in [0.1, 0.15) is 0 Å². The third-order valence-corrected chi connectivity index (χ3v) is 3.98. The maximum absolute atomic E-state index is 12.4. The van der Waals surface area contributed by atoms with Crippen LogP contribution in [-0.2, 0) is 0 Å². The molecule has 3 aromatic heterocycles. The number of para-hydroxylation sites is 2. The summed E-state index contributed by atoms with van der Waals surface area (Å²) in [6.45, 7) is 0. The number of benzene rings is 1. The zero-order valence-corrected chi connectivity index (χ0v) is 14.5. The Morgan fingerprint density at radius 2 is 1.70 bits per heavy atom. The normalized spacial score (nSPS) is 10.6. The van der Waals surface area contributed by atoms with Crippen LogP contribution in [0.5, 0.6) is 5.75 Å². The van der Waals surface area contributed by atoms with Gasteiger partial charge in [-0.05, 0) is 36.4 Å². The van der Waals surface area contributed by atoms with Crippen molar-refractivity contribution in [3.8, 4) is 17.1 Å². The molecule has 0 saturated carbocycles. The van der Waals surface area contributed by atoms with Crippen LogP contribution in [-0.4, -0.2) is 32.7 Å². The summed E-state index contributed by atoms with van der Waals surface area (Å²) in [5, 5.41) is 14.0. The summed E-state index contributed by atoms with van der Waals surface area (Å²) in [4.78, 5) is 16.4. The number of anilines is 2. The Balaban J connectivity index is 1.61. The Labute approximate surface area is 154 Å². The van der Waals surface area contributed by atoms with E-state index in [2.05, 4.69) is 25.8 Å². The van der Waals surface area contributed by atoms with Gasteiger partial charge < -0.3 is 15.4 Å². The van der Waals surface area contributed by atoms with Crippen LogP contribution in [0.15, 0.2) is 67.1 Å². The van der Waals surface area contributed by atoms with Crippen LogP contribution in [0.2, 0.25) is 0 Å². The molecule has 0 unspecified atom stereocenters. The number of aromatic nitrogens is 4. The summed E-state index contributed by atoms with van der Waals surface area (Å²) >= 11 is 0. The molecule has 0 bridgehead atoms. The van der Waals surface area contributed by atoms with Crippen LogP contribution in [0.25, 0.3) is 17.0 Å². The first-order valence-electron chi connectivity index (χ1n) is 8.21. The van der Waals surface area contributed by atoms with Gasteiger partial charge in [0.2, 0.25) is 0 Å². The van der Waals surface area contributed by atoms with Gasteiger partial charge in [-0.1, -0.05) is 12.1 Å². The highest BCUT2D eigenvalue weighted by molar-refractivity contribution is 6.02. The van der Waals surface area contributed by atoms with Crippen molar-refractivity contribution in [1.29, 1.82) is 0 Å². The molecule has 4 rings (SSSR count). The van der Waals surface area contributed by atoms with E-state index >= 15 is 0 Å². The second kappa shape index (κ2) is 7.12. The van der Waals surface area contributed by atoms with Gasteiger partial charge in [0, 0.05) is 24.2 Å². The number of hydrogen-bond donors (Lipinski definition) is 2. The number of hydrogen-bond acceptors (Lipinski definition) is 5. The molecule has 0 spiro atoms. The summed E-state index contributed by atoms with van der Waals surface area (Å²) in [6.07, 6.45) is 5.23. The quantitative estimate of drug-likeness (QED) is 0.581. The number of nitrogens with zero attached hydrogens (tertiary/aromatic N) is 4. The maximum Gasteiger partial charge on any atom is 0.323 e. The number of pyridine rings is 2. The topological polar surface area (TPSA) is 93.4 Å². The first kappa shape index (κ1) is 16.5. The summed E-state index contributed by atoms with van der Waals surface area (Å²) in [5.74, 6) is 1.24. The highest BCUT2D eigenvalue weighted by Crippen LogP contribution is 2.24. The molecular weight excluding hydrogens is 344 g/mol. The van der Waals surface area contributed by atoms with E-state index in [9.17, 15) is 4.79 Å². The molecule has 8 nitrogen and oxygen atoms in total. The molecule has 0 saturated heterocycles. The molecule has 1 aromatic carbocycles. The molecule has 3 heterocycles. The van der Waals surface area contributed by atoms with Gasteiger partial charge in [-0.15, -0.1) is 10.2 Å². The van der Waals surface area contributed by atoms with E-state index in [1.54, 1.807) is 37.7 Å². The lowest BCUT2D eigenvalue weighted by Crippen LogP contribution is -2.20. The Bertz CT molecular complexity index is 1090. The van der Waals surface area contributed by atoms with Crippen molar-refractivity contribution in [3.63, 3.8) is 0 Å². The van der Waals surface area contributed by atoms with Crippen LogP contribution in [0.4, 0.5) is 16.2 Å². The molecule has 0 aliphatic rings. The standard InChI is InChI=1S/C19H16N6O2/c1-27-16-7-3-2-5-14(16)21-19(26)22-15-6-4-12-25-17(23-24-18(15)25)13-8-10-20-11-9-13/h2-12H,1H3,(H2,21,22,26). The first-order valence-corrected chi connectivity index (χ1v) is 8.21. The van der Waals surface area contributed by atoms with Gasteiger partial charge in [-0.25, -0.2) is 4.79 Å². The van der Waals surface area contributed by atoms with E-state index < -0.39 is 6.03 Å². The van der Waals surface area contributed by atoms with Crippen molar-refractivity contribution in [1.82, 2.24) is 19.6 Å². The second-order valence-electron chi connectivity index (χ2n) is 5.65. The fraction of sp³-hybridized carbons (Fsp3) is 0.0526. The summed E-state index contributed by atoms with van der Waals surface area (Å²) in [5.41, 5.74) is 2.54. The number of urea groups is 1.